The zero-order valence-corrected chi connectivity index (χ0v) is 43.7. The minimum absolute atomic E-state index is 0.00566. The molecule has 9 rings (SSSR count). The summed E-state index contributed by atoms with van der Waals surface area (Å²) in [6.45, 7) is 22.4. The molecule has 4 aliphatic rings. The van der Waals surface area contributed by atoms with E-state index >= 15 is 8.78 Å². The first-order chi connectivity index (χ1) is 33.1. The third kappa shape index (κ3) is 9.69. The quantitative estimate of drug-likeness (QED) is 0.0985. The molecule has 2 bridgehead atoms. The Morgan fingerprint density at radius 3 is 2.07 bits per heavy atom. The maximum Gasteiger partial charge on any atom is 0.410 e. The van der Waals surface area contributed by atoms with Gasteiger partial charge in [-0.2, -0.15) is 9.97 Å². The monoisotopic (exact) mass is 978 g/mol. The molecular weight excluding hydrogens is 911 g/mol. The lowest BCUT2D eigenvalue weighted by Gasteiger charge is -2.48. The fraction of sp³-hybridized carbons (Fsp3) is 0.519. The first kappa shape index (κ1) is 49.2. The van der Waals surface area contributed by atoms with E-state index in [0.29, 0.717) is 55.5 Å². The number of pyridine rings is 1. The van der Waals surface area contributed by atoms with Crippen molar-refractivity contribution < 1.29 is 41.7 Å². The van der Waals surface area contributed by atoms with E-state index in [2.05, 4.69) is 38.8 Å². The molecule has 2 saturated heterocycles. The van der Waals surface area contributed by atoms with E-state index in [1.807, 2.05) is 92.9 Å². The number of ether oxygens (including phenoxy) is 5. The van der Waals surface area contributed by atoms with Gasteiger partial charge < -0.3 is 37.9 Å². The Balaban J connectivity index is 1.15. The second-order valence-electron chi connectivity index (χ2n) is 22.3. The first-order valence-corrected chi connectivity index (χ1v) is 27.4. The van der Waals surface area contributed by atoms with E-state index in [4.69, 9.17) is 43.1 Å². The number of piperazine rings is 1. The average Bonchev–Trinajstić information content (AvgIpc) is 4.04. The molecule has 1 amide bonds. The van der Waals surface area contributed by atoms with Gasteiger partial charge in [-0.25, -0.2) is 18.6 Å². The summed E-state index contributed by atoms with van der Waals surface area (Å²) in [7, 11) is 1.17. The third-order valence-electron chi connectivity index (χ3n) is 14.9. The number of aromatic nitrogens is 3. The molecule has 0 unspecified atom stereocenters. The average molecular weight is 979 g/mol. The van der Waals surface area contributed by atoms with Crippen LogP contribution in [0.4, 0.5) is 25.1 Å². The van der Waals surface area contributed by atoms with E-state index in [1.54, 1.807) is 26.4 Å². The number of fused-ring (bicyclic) bond motifs is 5. The summed E-state index contributed by atoms with van der Waals surface area (Å²) in [5, 5.41) is 0.309. The van der Waals surface area contributed by atoms with Crippen LogP contribution in [0.15, 0.2) is 60.7 Å². The maximum absolute atomic E-state index is 18.0. The molecule has 16 heteroatoms. The van der Waals surface area contributed by atoms with Gasteiger partial charge in [0.05, 0.1) is 44.6 Å². The summed E-state index contributed by atoms with van der Waals surface area (Å²) in [5.74, 6) is 0.407. The molecule has 0 radical (unpaired) electrons. The van der Waals surface area contributed by atoms with Gasteiger partial charge in [0.1, 0.15) is 45.6 Å². The first-order valence-electron chi connectivity index (χ1n) is 24.5. The number of aryl methyl sites for hydroxylation is 1. The van der Waals surface area contributed by atoms with E-state index in [1.165, 1.54) is 0 Å². The molecule has 3 fully saturated rings. The van der Waals surface area contributed by atoms with Crippen molar-refractivity contribution in [3.05, 3.63) is 89.0 Å². The zero-order valence-electron chi connectivity index (χ0n) is 42.7. The molecule has 5 aromatic rings. The predicted octanol–water partition coefficient (Wildman–Crippen LogP) is 11.4. The van der Waals surface area contributed by atoms with Crippen molar-refractivity contribution in [1.82, 2.24) is 19.9 Å². The minimum atomic E-state index is -2.06. The van der Waals surface area contributed by atoms with Crippen LogP contribution in [-0.4, -0.2) is 98.1 Å². The van der Waals surface area contributed by atoms with Gasteiger partial charge in [-0.1, -0.05) is 45.0 Å². The van der Waals surface area contributed by atoms with Crippen molar-refractivity contribution in [2.75, 3.05) is 43.8 Å². The highest BCUT2D eigenvalue weighted by Crippen LogP contribution is 2.50. The number of carbonyl (C=O) groups excluding carboxylic acids is 1. The Bertz CT molecular complexity index is 2710. The van der Waals surface area contributed by atoms with E-state index in [9.17, 15) is 4.79 Å². The normalized spacial score (nSPS) is 20.4. The van der Waals surface area contributed by atoms with Crippen LogP contribution in [-0.2, 0) is 22.3 Å². The molecule has 13 nitrogen and oxygen atoms in total. The largest absolute Gasteiger partial charge is 0.497 e. The van der Waals surface area contributed by atoms with E-state index in [0.717, 1.165) is 30.4 Å². The van der Waals surface area contributed by atoms with Crippen molar-refractivity contribution in [2.45, 2.75) is 142 Å². The summed E-state index contributed by atoms with van der Waals surface area (Å²) in [6.07, 6.45) is 2.33. The summed E-state index contributed by atoms with van der Waals surface area (Å²) < 4.78 is 72.6. The Hall–Kier alpha value is -5.74. The fourth-order valence-corrected chi connectivity index (χ4v) is 10.9. The lowest BCUT2D eigenvalue weighted by molar-refractivity contribution is 0.000930. The SMILES string of the molecule is COc1ccc(CN(Cc2ccc(OC)cc2)c2cc(C)cc(-c3nc4c5c(nc(OCC6(CO[Si](C)(C)C(C)(C)C)CC6)nc5c3F)N3C[C@H]5CC[C@@H]([C@H]3[C@H](C)O4)N5C(=O)OC(C)(C)C)c2F)cc1. The second-order valence-corrected chi connectivity index (χ2v) is 27.1. The van der Waals surface area contributed by atoms with E-state index in [-0.39, 0.29) is 75.0 Å². The number of hydrogen-bond donors (Lipinski definition) is 0. The van der Waals surface area contributed by atoms with Crippen molar-refractivity contribution >= 4 is 36.8 Å². The second kappa shape index (κ2) is 18.5. The van der Waals surface area contributed by atoms with Crippen molar-refractivity contribution in [3.8, 4) is 34.6 Å². The van der Waals surface area contributed by atoms with Gasteiger partial charge in [-0.05, 0) is 132 Å². The summed E-state index contributed by atoms with van der Waals surface area (Å²) in [4.78, 5) is 34.5. The molecule has 0 spiro atoms. The number of methoxy groups -OCH3 is 2. The molecule has 4 atom stereocenters. The van der Waals surface area contributed by atoms with Crippen molar-refractivity contribution in [3.63, 3.8) is 0 Å². The highest BCUT2D eigenvalue weighted by molar-refractivity contribution is 6.74. The number of nitrogens with zero attached hydrogens (tertiary/aromatic N) is 6. The van der Waals surface area contributed by atoms with Gasteiger partial charge in [0.25, 0.3) is 0 Å². The Kier molecular flexibility index (Phi) is 13.0. The molecule has 1 aliphatic carbocycles. The van der Waals surface area contributed by atoms with Gasteiger partial charge in [0.2, 0.25) is 5.88 Å². The smallest absolute Gasteiger partial charge is 0.410 e. The topological polar surface area (TPSA) is 121 Å². The number of anilines is 2. The van der Waals surface area contributed by atoms with Crippen LogP contribution in [0, 0.1) is 24.0 Å². The van der Waals surface area contributed by atoms with Gasteiger partial charge >= 0.3 is 12.1 Å². The summed E-state index contributed by atoms with van der Waals surface area (Å²) in [5.41, 5.74) is 1.49. The van der Waals surface area contributed by atoms with Gasteiger partial charge in [0, 0.05) is 37.2 Å². The molecule has 1 saturated carbocycles. The molecule has 2 aromatic heterocycles. The van der Waals surface area contributed by atoms with Crippen LogP contribution < -0.4 is 28.7 Å². The predicted molar refractivity (Wildman–Crippen MR) is 270 cm³/mol. The number of rotatable bonds is 14. The summed E-state index contributed by atoms with van der Waals surface area (Å²) in [6, 6.07) is 17.7. The number of amides is 1. The number of halogens is 2. The maximum atomic E-state index is 18.0. The van der Waals surface area contributed by atoms with Crippen LogP contribution in [0.25, 0.3) is 22.2 Å². The lowest BCUT2D eigenvalue weighted by Crippen LogP contribution is -2.65. The van der Waals surface area contributed by atoms with Gasteiger partial charge in [-0.15, -0.1) is 0 Å². The van der Waals surface area contributed by atoms with Gasteiger partial charge in [0.15, 0.2) is 20.0 Å². The molecule has 3 aliphatic heterocycles. The number of carbonyl (C=O) groups is 1. The Morgan fingerprint density at radius 1 is 0.871 bits per heavy atom. The molecule has 0 N–H and O–H groups in total. The number of benzene rings is 3. The van der Waals surface area contributed by atoms with Crippen LogP contribution in [0.5, 0.6) is 23.4 Å². The van der Waals surface area contributed by atoms with Crippen LogP contribution in [0.2, 0.25) is 18.1 Å². The van der Waals surface area contributed by atoms with Crippen molar-refractivity contribution in [2.24, 2.45) is 5.41 Å². The molecular formula is C54H68F2N6O7Si. The Labute approximate surface area is 411 Å². The summed E-state index contributed by atoms with van der Waals surface area (Å²) >= 11 is 0. The minimum Gasteiger partial charge on any atom is -0.497 e. The van der Waals surface area contributed by atoms with Crippen LogP contribution >= 0.6 is 0 Å². The molecule has 374 valence electrons. The van der Waals surface area contributed by atoms with Gasteiger partial charge in [-0.3, -0.25) is 4.90 Å². The highest BCUT2D eigenvalue weighted by Gasteiger charge is 2.54. The molecule has 3 aromatic carbocycles. The third-order valence-corrected chi connectivity index (χ3v) is 19.4. The van der Waals surface area contributed by atoms with Crippen molar-refractivity contribution in [1.29, 1.82) is 0 Å². The van der Waals surface area contributed by atoms with Crippen LogP contribution in [0.3, 0.4) is 0 Å². The highest BCUT2D eigenvalue weighted by atomic mass is 28.4. The van der Waals surface area contributed by atoms with Crippen LogP contribution in [0.1, 0.15) is 90.8 Å². The fourth-order valence-electron chi connectivity index (χ4n) is 9.82. The Morgan fingerprint density at radius 2 is 1.50 bits per heavy atom. The molecule has 70 heavy (non-hydrogen) atoms. The number of hydrogen-bond acceptors (Lipinski definition) is 12. The zero-order chi connectivity index (χ0) is 50.1. The molecule has 5 heterocycles. The van der Waals surface area contributed by atoms with E-state index < -0.39 is 37.7 Å². The standard InChI is InChI=1S/C54H68F2N6O7Si/c1-32-25-39(43(55)41(26-32)60(27-34-13-18-37(64-9)19-14-34)28-35-15-20-38(65-10)21-16-35)45-44(56)46-42-48(59-50(58-46)66-30-54(23-24-54)31-67-70(11,12)53(6,7)8)61-29-36-17-22-40(47(61)33(2)68-49(42)57-45)62(36)51(63)69-52(3,4)5/h13-16,18-21,25-26,33,36,40,47H,17,22-24,27-31H2,1-12H3/t33-,36+,40-,47+/m0/s1. The lowest BCUT2D eigenvalue weighted by atomic mass is 9.98.